The number of hydrogen-bond donors (Lipinski definition) is 0. The number of Topliss-reactive ketones (excluding diaryl/α,β-unsaturated/α-hetero) is 1. The van der Waals surface area contributed by atoms with Gasteiger partial charge in [-0.25, -0.2) is 4.79 Å². The van der Waals surface area contributed by atoms with Gasteiger partial charge in [0.1, 0.15) is 0 Å². The van der Waals surface area contributed by atoms with E-state index in [2.05, 4.69) is 15.9 Å². The maximum atomic E-state index is 11.0. The first kappa shape index (κ1) is 11.9. The molecule has 0 bridgehead atoms. The Balaban J connectivity index is 2.28. The zero-order valence-corrected chi connectivity index (χ0v) is 9.70. The average Bonchev–Trinajstić information content (AvgIpc) is 2.29. The van der Waals surface area contributed by atoms with Crippen LogP contribution in [0.15, 0.2) is 30.3 Å². The molecule has 0 aliphatic heterocycles. The highest BCUT2D eigenvalue weighted by Gasteiger charge is 2.12. The zero-order valence-electron chi connectivity index (χ0n) is 8.11. The maximum absolute atomic E-state index is 11.0. The van der Waals surface area contributed by atoms with E-state index in [0.29, 0.717) is 6.42 Å². The van der Waals surface area contributed by atoms with E-state index in [1.807, 2.05) is 30.3 Å². The minimum atomic E-state index is -0.775. The highest BCUT2D eigenvalue weighted by Crippen LogP contribution is 1.99. The van der Waals surface area contributed by atoms with Gasteiger partial charge in [0.05, 0.1) is 11.9 Å². The lowest BCUT2D eigenvalue weighted by atomic mass is 10.2. The van der Waals surface area contributed by atoms with Crippen molar-refractivity contribution in [1.82, 2.24) is 0 Å². The van der Waals surface area contributed by atoms with Gasteiger partial charge in [0, 0.05) is 6.42 Å². The van der Waals surface area contributed by atoms with Crippen molar-refractivity contribution >= 4 is 27.7 Å². The molecule has 0 amide bonds. The Kier molecular flexibility index (Phi) is 5.04. The summed E-state index contributed by atoms with van der Waals surface area (Å²) in [7, 11) is 0. The third-order valence-electron chi connectivity index (χ3n) is 1.82. The lowest BCUT2D eigenvalue weighted by molar-refractivity contribution is -0.152. The summed E-state index contributed by atoms with van der Waals surface area (Å²) in [5, 5.41) is 0.0111. The fourth-order valence-electron chi connectivity index (χ4n) is 1.04. The molecule has 15 heavy (non-hydrogen) atoms. The normalized spacial score (nSPS) is 9.67. The van der Waals surface area contributed by atoms with E-state index in [9.17, 15) is 9.59 Å². The number of carbonyl (C=O) groups is 2. The largest absolute Gasteiger partial charge is 0.460 e. The second-order valence-corrected chi connectivity index (χ2v) is 3.49. The minimum absolute atomic E-state index is 0.0111. The van der Waals surface area contributed by atoms with Crippen LogP contribution in [0.4, 0.5) is 0 Å². The smallest absolute Gasteiger partial charge is 0.375 e. The molecule has 0 saturated heterocycles. The molecular formula is C11H11BrO3. The summed E-state index contributed by atoms with van der Waals surface area (Å²) in [5.74, 6) is -1.33. The lowest BCUT2D eigenvalue weighted by Gasteiger charge is -2.02. The van der Waals surface area contributed by atoms with Crippen LogP contribution in [0.2, 0.25) is 0 Å². The fourth-order valence-corrected chi connectivity index (χ4v) is 1.27. The SMILES string of the molecule is O=C(CBr)C(=O)OCCc1ccccc1. The Morgan fingerprint density at radius 2 is 1.87 bits per heavy atom. The number of benzene rings is 1. The first-order chi connectivity index (χ1) is 7.24. The average molecular weight is 271 g/mol. The second kappa shape index (κ2) is 6.35. The Bertz CT molecular complexity index is 335. The fraction of sp³-hybridized carbons (Fsp3) is 0.273. The van der Waals surface area contributed by atoms with E-state index < -0.39 is 11.8 Å². The number of rotatable bonds is 5. The first-order valence-corrected chi connectivity index (χ1v) is 5.66. The van der Waals surface area contributed by atoms with E-state index in [1.165, 1.54) is 0 Å². The number of esters is 1. The summed E-state index contributed by atoms with van der Waals surface area (Å²) >= 11 is 2.90. The minimum Gasteiger partial charge on any atom is -0.460 e. The van der Waals surface area contributed by atoms with Crippen LogP contribution in [-0.4, -0.2) is 23.7 Å². The molecule has 0 fully saturated rings. The third-order valence-corrected chi connectivity index (χ3v) is 2.33. The van der Waals surface area contributed by atoms with Crippen LogP contribution in [0.3, 0.4) is 0 Å². The summed E-state index contributed by atoms with van der Waals surface area (Å²) in [4.78, 5) is 21.8. The quantitative estimate of drug-likeness (QED) is 0.465. The van der Waals surface area contributed by atoms with Gasteiger partial charge in [-0.2, -0.15) is 0 Å². The summed E-state index contributed by atoms with van der Waals surface area (Å²) < 4.78 is 4.78. The molecule has 80 valence electrons. The molecule has 3 nitrogen and oxygen atoms in total. The molecule has 0 heterocycles. The molecule has 0 spiro atoms. The van der Waals surface area contributed by atoms with E-state index in [4.69, 9.17) is 4.74 Å². The molecule has 1 aromatic carbocycles. The molecule has 0 aliphatic rings. The van der Waals surface area contributed by atoms with Crippen LogP contribution in [0.5, 0.6) is 0 Å². The highest BCUT2D eigenvalue weighted by atomic mass is 79.9. The summed E-state index contributed by atoms with van der Waals surface area (Å²) in [6, 6.07) is 9.64. The molecule has 0 unspecified atom stereocenters. The van der Waals surface area contributed by atoms with Crippen LogP contribution in [0.25, 0.3) is 0 Å². The second-order valence-electron chi connectivity index (χ2n) is 2.93. The molecule has 1 rings (SSSR count). The topological polar surface area (TPSA) is 43.4 Å². The van der Waals surface area contributed by atoms with Crippen molar-refractivity contribution in [1.29, 1.82) is 0 Å². The molecule has 0 N–H and O–H groups in total. The molecule has 4 heteroatoms. The van der Waals surface area contributed by atoms with Crippen LogP contribution in [0.1, 0.15) is 5.56 Å². The molecule has 0 atom stereocenters. The molecule has 1 aromatic rings. The number of ether oxygens (including phenoxy) is 1. The summed E-state index contributed by atoms with van der Waals surface area (Å²) in [6.07, 6.45) is 0.627. The maximum Gasteiger partial charge on any atom is 0.375 e. The Labute approximate surface area is 96.6 Å². The monoisotopic (exact) mass is 270 g/mol. The molecule has 0 radical (unpaired) electrons. The summed E-state index contributed by atoms with van der Waals surface area (Å²) in [6.45, 7) is 0.238. The van der Waals surface area contributed by atoms with Gasteiger partial charge in [0.2, 0.25) is 5.78 Å². The van der Waals surface area contributed by atoms with Gasteiger partial charge >= 0.3 is 5.97 Å². The van der Waals surface area contributed by atoms with Crippen LogP contribution in [-0.2, 0) is 20.7 Å². The van der Waals surface area contributed by atoms with Crippen LogP contribution in [0, 0.1) is 0 Å². The molecule has 0 aliphatic carbocycles. The van der Waals surface area contributed by atoms with Crippen molar-refractivity contribution in [3.05, 3.63) is 35.9 Å². The van der Waals surface area contributed by atoms with E-state index >= 15 is 0 Å². The van der Waals surface area contributed by atoms with Gasteiger partial charge in [0.15, 0.2) is 0 Å². The number of carbonyl (C=O) groups excluding carboxylic acids is 2. The number of hydrogen-bond acceptors (Lipinski definition) is 3. The van der Waals surface area contributed by atoms with E-state index in [-0.39, 0.29) is 11.9 Å². The predicted molar refractivity (Wildman–Crippen MR) is 59.9 cm³/mol. The highest BCUT2D eigenvalue weighted by molar-refractivity contribution is 9.09. The molecule has 0 aromatic heterocycles. The third kappa shape index (κ3) is 4.25. The van der Waals surface area contributed by atoms with Crippen molar-refractivity contribution in [2.24, 2.45) is 0 Å². The van der Waals surface area contributed by atoms with Crippen LogP contribution >= 0.6 is 15.9 Å². The van der Waals surface area contributed by atoms with Gasteiger partial charge < -0.3 is 4.74 Å². The number of alkyl halides is 1. The Hall–Kier alpha value is -1.16. The van der Waals surface area contributed by atoms with Crippen molar-refractivity contribution in [3.63, 3.8) is 0 Å². The van der Waals surface area contributed by atoms with Crippen molar-refractivity contribution < 1.29 is 14.3 Å². The standard InChI is InChI=1S/C11H11BrO3/c12-8-10(13)11(14)15-7-6-9-4-2-1-3-5-9/h1-5H,6-8H2. The summed E-state index contributed by atoms with van der Waals surface area (Å²) in [5.41, 5.74) is 1.08. The number of halogens is 1. The van der Waals surface area contributed by atoms with Gasteiger partial charge in [0.25, 0.3) is 0 Å². The molecular weight excluding hydrogens is 260 g/mol. The number of ketones is 1. The van der Waals surface area contributed by atoms with Gasteiger partial charge in [-0.3, -0.25) is 4.79 Å². The van der Waals surface area contributed by atoms with Crippen molar-refractivity contribution in [2.45, 2.75) is 6.42 Å². The van der Waals surface area contributed by atoms with Crippen molar-refractivity contribution in [3.8, 4) is 0 Å². The van der Waals surface area contributed by atoms with Crippen molar-refractivity contribution in [2.75, 3.05) is 11.9 Å². The van der Waals surface area contributed by atoms with Crippen LogP contribution < -0.4 is 0 Å². The van der Waals surface area contributed by atoms with Gasteiger partial charge in [-0.05, 0) is 5.56 Å². The zero-order chi connectivity index (χ0) is 11.1. The van der Waals surface area contributed by atoms with E-state index in [1.54, 1.807) is 0 Å². The molecule has 0 saturated carbocycles. The lowest BCUT2D eigenvalue weighted by Crippen LogP contribution is -2.19. The first-order valence-electron chi connectivity index (χ1n) is 4.54. The Morgan fingerprint density at radius 3 is 2.47 bits per heavy atom. The van der Waals surface area contributed by atoms with Gasteiger partial charge in [-0.15, -0.1) is 0 Å². The van der Waals surface area contributed by atoms with E-state index in [0.717, 1.165) is 5.56 Å². The van der Waals surface area contributed by atoms with Gasteiger partial charge in [-0.1, -0.05) is 46.3 Å². The Morgan fingerprint density at radius 1 is 1.20 bits per heavy atom. The predicted octanol–water partition coefficient (Wildman–Crippen LogP) is 1.74.